The fourth-order valence-corrected chi connectivity index (χ4v) is 2.83. The van der Waals surface area contributed by atoms with Gasteiger partial charge in [0.15, 0.2) is 0 Å². The zero-order valence-corrected chi connectivity index (χ0v) is 11.0. The predicted octanol–water partition coefficient (Wildman–Crippen LogP) is -0.582. The van der Waals surface area contributed by atoms with E-state index in [0.717, 1.165) is 4.31 Å². The summed E-state index contributed by atoms with van der Waals surface area (Å²) < 4.78 is 25.0. The first kappa shape index (κ1) is 14.6. The average molecular weight is 277 g/mol. The van der Waals surface area contributed by atoms with Crippen molar-refractivity contribution in [3.05, 3.63) is 11.3 Å². The second-order valence-electron chi connectivity index (χ2n) is 3.97. The lowest BCUT2D eigenvalue weighted by atomic mass is 10.3. The number of hydrogen-bond acceptors (Lipinski definition) is 5. The number of carboxylic acids is 1. The van der Waals surface area contributed by atoms with E-state index in [0.29, 0.717) is 0 Å². The quantitative estimate of drug-likeness (QED) is 0.661. The van der Waals surface area contributed by atoms with Crippen molar-refractivity contribution in [1.82, 2.24) is 14.5 Å². The van der Waals surface area contributed by atoms with E-state index in [4.69, 9.17) is 10.2 Å². The summed E-state index contributed by atoms with van der Waals surface area (Å²) in [5.74, 6) is -1.37. The molecular weight excluding hydrogens is 262 g/mol. The molecule has 8 nitrogen and oxygen atoms in total. The van der Waals surface area contributed by atoms with Gasteiger partial charge in [-0.15, -0.1) is 0 Å². The third kappa shape index (κ3) is 2.68. The minimum absolute atomic E-state index is 0.146. The van der Waals surface area contributed by atoms with E-state index in [9.17, 15) is 13.2 Å². The Bertz CT molecular complexity index is 549. The van der Waals surface area contributed by atoms with Crippen molar-refractivity contribution in [3.8, 4) is 0 Å². The van der Waals surface area contributed by atoms with E-state index < -0.39 is 27.1 Å². The third-order valence-corrected chi connectivity index (χ3v) is 4.06. The normalized spacial score (nSPS) is 13.8. The molecule has 0 aliphatic heterocycles. The molecule has 0 aliphatic rings. The third-order valence-electron chi connectivity index (χ3n) is 2.30. The topological polar surface area (TPSA) is 124 Å². The Labute approximate surface area is 104 Å². The number of aliphatic hydroxyl groups excluding tert-OH is 1. The van der Waals surface area contributed by atoms with E-state index in [1.165, 1.54) is 20.9 Å². The first-order valence-corrected chi connectivity index (χ1v) is 6.54. The molecule has 0 fully saturated rings. The van der Waals surface area contributed by atoms with Crippen LogP contribution < -0.4 is 0 Å². The van der Waals surface area contributed by atoms with Crippen LogP contribution in [0, 0.1) is 6.92 Å². The maximum absolute atomic E-state index is 12.1. The minimum Gasteiger partial charge on any atom is -0.478 e. The highest BCUT2D eigenvalue weighted by atomic mass is 32.2. The highest BCUT2D eigenvalue weighted by Gasteiger charge is 2.31. The predicted molar refractivity (Wildman–Crippen MR) is 61.8 cm³/mol. The van der Waals surface area contributed by atoms with E-state index in [1.54, 1.807) is 0 Å². The zero-order valence-electron chi connectivity index (χ0n) is 10.2. The summed E-state index contributed by atoms with van der Waals surface area (Å²) in [6, 6.07) is 0. The van der Waals surface area contributed by atoms with Crippen LogP contribution in [0.1, 0.15) is 23.0 Å². The van der Waals surface area contributed by atoms with Gasteiger partial charge in [-0.2, -0.15) is 9.40 Å². The maximum Gasteiger partial charge on any atom is 0.340 e. The summed E-state index contributed by atoms with van der Waals surface area (Å²) in [7, 11) is -2.79. The number of aromatic carboxylic acids is 1. The summed E-state index contributed by atoms with van der Waals surface area (Å²) in [5, 5.41) is 23.4. The number of nitrogens with zero attached hydrogens (tertiary/aromatic N) is 2. The lowest BCUT2D eigenvalue weighted by Gasteiger charge is -2.17. The Balaban J connectivity index is 3.25. The van der Waals surface area contributed by atoms with Crippen LogP contribution in [0.15, 0.2) is 5.03 Å². The molecule has 0 aromatic carbocycles. The van der Waals surface area contributed by atoms with Crippen LogP contribution >= 0.6 is 0 Å². The van der Waals surface area contributed by atoms with E-state index in [-0.39, 0.29) is 17.8 Å². The van der Waals surface area contributed by atoms with E-state index in [1.807, 2.05) is 0 Å². The fraction of sp³-hybridized carbons (Fsp3) is 0.556. The summed E-state index contributed by atoms with van der Waals surface area (Å²) in [5.41, 5.74) is -0.223. The molecule has 0 spiro atoms. The van der Waals surface area contributed by atoms with Gasteiger partial charge in [-0.1, -0.05) is 0 Å². The first-order valence-electron chi connectivity index (χ1n) is 5.10. The number of carboxylic acid groups (broad SMARTS) is 1. The van der Waals surface area contributed by atoms with Gasteiger partial charge < -0.3 is 10.2 Å². The Morgan fingerprint density at radius 2 is 2.11 bits per heavy atom. The van der Waals surface area contributed by atoms with Gasteiger partial charge in [-0.05, 0) is 13.8 Å². The Kier molecular flexibility index (Phi) is 4.09. The smallest absolute Gasteiger partial charge is 0.340 e. The number of sulfonamides is 1. The number of likely N-dealkylation sites (N-methyl/N-ethyl adjacent to an activating group) is 1. The van der Waals surface area contributed by atoms with Crippen molar-refractivity contribution in [3.63, 3.8) is 0 Å². The second kappa shape index (κ2) is 5.04. The SMILES string of the molecule is Cc1[nH]nc(S(=O)(=O)N(C)CC(C)O)c1C(=O)O. The van der Waals surface area contributed by atoms with Crippen LogP contribution in [0.25, 0.3) is 0 Å². The van der Waals surface area contributed by atoms with Crippen LogP contribution in [0.2, 0.25) is 0 Å². The largest absolute Gasteiger partial charge is 0.478 e. The minimum atomic E-state index is -4.04. The number of aryl methyl sites for hydroxylation is 1. The lowest BCUT2D eigenvalue weighted by Crippen LogP contribution is -2.34. The van der Waals surface area contributed by atoms with Gasteiger partial charge in [-0.25, -0.2) is 13.2 Å². The molecule has 102 valence electrons. The molecule has 1 heterocycles. The average Bonchev–Trinajstić information content (AvgIpc) is 2.59. The molecule has 1 aromatic heterocycles. The van der Waals surface area contributed by atoms with Crippen molar-refractivity contribution >= 4 is 16.0 Å². The fourth-order valence-electron chi connectivity index (χ4n) is 1.46. The van der Waals surface area contributed by atoms with Gasteiger partial charge in [0.1, 0.15) is 5.56 Å². The van der Waals surface area contributed by atoms with Gasteiger partial charge in [0, 0.05) is 19.3 Å². The van der Waals surface area contributed by atoms with Crippen molar-refractivity contribution in [2.24, 2.45) is 0 Å². The standard InChI is InChI=1S/C9H15N3O5S/c1-5(13)4-12(3)18(16,17)8-7(9(14)15)6(2)10-11-8/h5,13H,4H2,1-3H3,(H,10,11)(H,14,15). The van der Waals surface area contributed by atoms with Gasteiger partial charge in [0.25, 0.3) is 10.0 Å². The number of hydrogen-bond donors (Lipinski definition) is 3. The molecular formula is C9H15N3O5S. The van der Waals surface area contributed by atoms with Gasteiger partial charge in [0.2, 0.25) is 5.03 Å². The molecule has 0 aliphatic carbocycles. The number of aromatic nitrogens is 2. The van der Waals surface area contributed by atoms with Crippen LogP contribution in [0.3, 0.4) is 0 Å². The monoisotopic (exact) mass is 277 g/mol. The molecule has 3 N–H and O–H groups in total. The van der Waals surface area contributed by atoms with Gasteiger partial charge in [0.05, 0.1) is 6.10 Å². The van der Waals surface area contributed by atoms with Gasteiger partial charge in [-0.3, -0.25) is 5.10 Å². The number of H-pyrrole nitrogens is 1. The highest BCUT2D eigenvalue weighted by Crippen LogP contribution is 2.19. The molecule has 1 rings (SSSR count). The molecule has 18 heavy (non-hydrogen) atoms. The summed E-state index contributed by atoms with van der Waals surface area (Å²) in [4.78, 5) is 11.0. The molecule has 1 atom stereocenters. The number of rotatable bonds is 5. The van der Waals surface area contributed by atoms with Crippen molar-refractivity contribution in [2.45, 2.75) is 25.0 Å². The van der Waals surface area contributed by atoms with Crippen molar-refractivity contribution in [2.75, 3.05) is 13.6 Å². The second-order valence-corrected chi connectivity index (χ2v) is 5.93. The number of carbonyl (C=O) groups is 1. The van der Waals surface area contributed by atoms with Crippen molar-refractivity contribution in [1.29, 1.82) is 0 Å². The Morgan fingerprint density at radius 3 is 2.56 bits per heavy atom. The van der Waals surface area contributed by atoms with Crippen LogP contribution in [0.5, 0.6) is 0 Å². The molecule has 1 aromatic rings. The van der Waals surface area contributed by atoms with Crippen LogP contribution in [0.4, 0.5) is 0 Å². The Hall–Kier alpha value is -1.45. The van der Waals surface area contributed by atoms with Crippen LogP contribution in [-0.2, 0) is 10.0 Å². The molecule has 0 saturated carbocycles. The number of aromatic amines is 1. The van der Waals surface area contributed by atoms with E-state index >= 15 is 0 Å². The molecule has 0 amide bonds. The molecule has 9 heteroatoms. The molecule has 0 radical (unpaired) electrons. The maximum atomic E-state index is 12.1. The lowest BCUT2D eigenvalue weighted by molar-refractivity contribution is 0.0691. The highest BCUT2D eigenvalue weighted by molar-refractivity contribution is 7.89. The molecule has 1 unspecified atom stereocenters. The molecule has 0 bridgehead atoms. The Morgan fingerprint density at radius 1 is 1.56 bits per heavy atom. The van der Waals surface area contributed by atoms with E-state index in [2.05, 4.69) is 10.2 Å². The number of aliphatic hydroxyl groups is 1. The number of nitrogens with one attached hydrogen (secondary N) is 1. The summed E-state index contributed by atoms with van der Waals surface area (Å²) >= 11 is 0. The molecule has 0 saturated heterocycles. The zero-order chi connectivity index (χ0) is 14.1. The summed E-state index contributed by atoms with van der Waals surface area (Å²) in [6.45, 7) is 2.71. The van der Waals surface area contributed by atoms with Crippen molar-refractivity contribution < 1.29 is 23.4 Å². The van der Waals surface area contributed by atoms with Crippen LogP contribution in [-0.4, -0.2) is 58.8 Å². The first-order chi connectivity index (χ1) is 8.17. The summed E-state index contributed by atoms with van der Waals surface area (Å²) in [6.07, 6.45) is -0.863. The van der Waals surface area contributed by atoms with Gasteiger partial charge >= 0.3 is 5.97 Å².